The average Bonchev–Trinajstić information content (AvgIpc) is 2.18. The molecule has 0 spiro atoms. The van der Waals surface area contributed by atoms with Crippen LogP contribution in [0.4, 0.5) is 10.2 Å². The van der Waals surface area contributed by atoms with Crippen molar-refractivity contribution in [2.75, 3.05) is 0 Å². The molecular formula is C8H6FNO4. The molecule has 0 unspecified atom stereocenters. The van der Waals surface area contributed by atoms with E-state index in [1.807, 2.05) is 0 Å². The van der Waals surface area contributed by atoms with Gasteiger partial charge >= 0.3 is 5.97 Å². The third-order valence-corrected chi connectivity index (χ3v) is 1.58. The van der Waals surface area contributed by atoms with Crippen LogP contribution in [-0.4, -0.2) is 10.9 Å². The molecule has 0 N–H and O–H groups in total. The van der Waals surface area contributed by atoms with Crippen molar-refractivity contribution in [1.29, 1.82) is 0 Å². The number of carbonyl (C=O) groups excluding carboxylic acids is 1. The standard InChI is InChI=1S/C8H6FNO4/c9-14-8(11)5-6-1-3-7(4-2-6)10(12)13/h1-4H,5H2. The van der Waals surface area contributed by atoms with Gasteiger partial charge in [0.1, 0.15) is 0 Å². The van der Waals surface area contributed by atoms with Crippen LogP contribution in [0, 0.1) is 10.1 Å². The van der Waals surface area contributed by atoms with Gasteiger partial charge in [0.05, 0.1) is 11.3 Å². The average molecular weight is 199 g/mol. The summed E-state index contributed by atoms with van der Waals surface area (Å²) >= 11 is 0. The fourth-order valence-electron chi connectivity index (χ4n) is 0.929. The number of hydrogen-bond donors (Lipinski definition) is 0. The Labute approximate surface area is 78.2 Å². The van der Waals surface area contributed by atoms with Gasteiger partial charge in [-0.2, -0.15) is 0 Å². The lowest BCUT2D eigenvalue weighted by atomic mass is 10.1. The highest BCUT2D eigenvalue weighted by molar-refractivity contribution is 5.71. The van der Waals surface area contributed by atoms with E-state index in [9.17, 15) is 19.4 Å². The second-order valence-corrected chi connectivity index (χ2v) is 2.55. The number of halogens is 1. The van der Waals surface area contributed by atoms with Gasteiger partial charge in [-0.3, -0.25) is 15.1 Å². The largest absolute Gasteiger partial charge is 0.353 e. The van der Waals surface area contributed by atoms with Gasteiger partial charge in [-0.25, -0.2) is 4.79 Å². The molecule has 6 heteroatoms. The van der Waals surface area contributed by atoms with Gasteiger partial charge in [-0.1, -0.05) is 12.1 Å². The Morgan fingerprint density at radius 2 is 2.00 bits per heavy atom. The number of nitrogens with zero attached hydrogens (tertiary/aromatic N) is 1. The summed E-state index contributed by atoms with van der Waals surface area (Å²) in [5.74, 6) is -1.03. The van der Waals surface area contributed by atoms with E-state index in [-0.39, 0.29) is 12.1 Å². The van der Waals surface area contributed by atoms with E-state index in [0.717, 1.165) is 0 Å². The molecular weight excluding hydrogens is 193 g/mol. The van der Waals surface area contributed by atoms with Crippen LogP contribution in [0.25, 0.3) is 0 Å². The molecule has 0 bridgehead atoms. The molecule has 14 heavy (non-hydrogen) atoms. The number of carbonyl (C=O) groups is 1. The minimum absolute atomic E-state index is 0.0811. The molecule has 0 saturated carbocycles. The Balaban J connectivity index is 2.73. The van der Waals surface area contributed by atoms with Crippen LogP contribution >= 0.6 is 0 Å². The molecule has 5 nitrogen and oxygen atoms in total. The quantitative estimate of drug-likeness (QED) is 0.547. The molecule has 1 rings (SSSR count). The first-order valence-electron chi connectivity index (χ1n) is 3.68. The summed E-state index contributed by atoms with van der Waals surface area (Å²) in [6.45, 7) is 0. The van der Waals surface area contributed by atoms with E-state index >= 15 is 0 Å². The second kappa shape index (κ2) is 4.31. The molecule has 0 fully saturated rings. The van der Waals surface area contributed by atoms with E-state index in [2.05, 4.69) is 4.94 Å². The Morgan fingerprint density at radius 1 is 1.43 bits per heavy atom. The van der Waals surface area contributed by atoms with Crippen molar-refractivity contribution in [3.63, 3.8) is 0 Å². The van der Waals surface area contributed by atoms with Crippen LogP contribution in [0.2, 0.25) is 0 Å². The summed E-state index contributed by atoms with van der Waals surface area (Å²) in [5, 5.41) is 10.2. The summed E-state index contributed by atoms with van der Waals surface area (Å²) in [6.07, 6.45) is -0.242. The number of nitro groups is 1. The molecule has 1 aromatic rings. The van der Waals surface area contributed by atoms with Gasteiger partial charge in [0.25, 0.3) is 5.69 Å². The van der Waals surface area contributed by atoms with Gasteiger partial charge in [0, 0.05) is 16.7 Å². The minimum atomic E-state index is -1.03. The molecule has 0 amide bonds. The summed E-state index contributed by atoms with van der Waals surface area (Å²) in [4.78, 5) is 23.1. The zero-order valence-electron chi connectivity index (χ0n) is 6.97. The maximum absolute atomic E-state index is 11.3. The summed E-state index contributed by atoms with van der Waals surface area (Å²) in [7, 11) is 0. The number of non-ortho nitro benzene ring substituents is 1. The number of benzene rings is 1. The SMILES string of the molecule is O=C(Cc1ccc([N+](=O)[O-])cc1)OF. The first kappa shape index (κ1) is 10.1. The molecule has 0 aliphatic rings. The Hall–Kier alpha value is -1.98. The summed E-state index contributed by atoms with van der Waals surface area (Å²) in [6, 6.07) is 5.21. The lowest BCUT2D eigenvalue weighted by Gasteiger charge is -1.96. The number of hydrogen-bond acceptors (Lipinski definition) is 4. The summed E-state index contributed by atoms with van der Waals surface area (Å²) in [5.41, 5.74) is 0.376. The number of rotatable bonds is 3. The lowest BCUT2D eigenvalue weighted by molar-refractivity contribution is -0.384. The second-order valence-electron chi connectivity index (χ2n) is 2.55. The Kier molecular flexibility index (Phi) is 3.11. The van der Waals surface area contributed by atoms with Gasteiger partial charge in [0.2, 0.25) is 0 Å². The Morgan fingerprint density at radius 3 is 2.43 bits per heavy atom. The van der Waals surface area contributed by atoms with Crippen LogP contribution in [0.3, 0.4) is 0 Å². The van der Waals surface area contributed by atoms with Crippen molar-refractivity contribution < 1.29 is 19.2 Å². The highest BCUT2D eigenvalue weighted by Crippen LogP contribution is 2.12. The molecule has 0 aromatic heterocycles. The lowest BCUT2D eigenvalue weighted by Crippen LogP contribution is -2.02. The maximum Gasteiger partial charge on any atom is 0.353 e. The van der Waals surface area contributed by atoms with E-state index < -0.39 is 10.9 Å². The maximum atomic E-state index is 11.3. The Bertz CT molecular complexity index is 349. The zero-order valence-corrected chi connectivity index (χ0v) is 6.97. The zero-order chi connectivity index (χ0) is 10.6. The molecule has 74 valence electrons. The molecule has 0 aliphatic carbocycles. The van der Waals surface area contributed by atoms with E-state index in [1.54, 1.807) is 0 Å². The number of nitro benzene ring substituents is 1. The van der Waals surface area contributed by atoms with Gasteiger partial charge in [-0.05, 0) is 5.56 Å². The van der Waals surface area contributed by atoms with Gasteiger partial charge in [0.15, 0.2) is 0 Å². The van der Waals surface area contributed by atoms with Crippen molar-refractivity contribution in [3.05, 3.63) is 39.9 Å². The summed E-state index contributed by atoms with van der Waals surface area (Å²) < 4.78 is 11.3. The monoisotopic (exact) mass is 199 g/mol. The van der Waals surface area contributed by atoms with Crippen LogP contribution in [0.1, 0.15) is 5.56 Å². The topological polar surface area (TPSA) is 69.4 Å². The van der Waals surface area contributed by atoms with E-state index in [4.69, 9.17) is 0 Å². The normalized spacial score (nSPS) is 9.50. The van der Waals surface area contributed by atoms with Crippen molar-refractivity contribution in [2.24, 2.45) is 0 Å². The molecule has 0 radical (unpaired) electrons. The first-order chi connectivity index (χ1) is 6.63. The highest BCUT2D eigenvalue weighted by Gasteiger charge is 2.08. The van der Waals surface area contributed by atoms with Crippen LogP contribution < -0.4 is 0 Å². The first-order valence-corrected chi connectivity index (χ1v) is 3.68. The van der Waals surface area contributed by atoms with Gasteiger partial charge in [-0.15, -0.1) is 0 Å². The van der Waals surface area contributed by atoms with Crippen molar-refractivity contribution >= 4 is 11.7 Å². The smallest absolute Gasteiger partial charge is 0.258 e. The minimum Gasteiger partial charge on any atom is -0.258 e. The molecule has 0 heterocycles. The van der Waals surface area contributed by atoms with Crippen molar-refractivity contribution in [1.82, 2.24) is 0 Å². The molecule has 0 atom stereocenters. The fraction of sp³-hybridized carbons (Fsp3) is 0.125. The predicted octanol–water partition coefficient (Wildman–Crippen LogP) is 1.56. The fourth-order valence-corrected chi connectivity index (χ4v) is 0.929. The van der Waals surface area contributed by atoms with Crippen molar-refractivity contribution in [2.45, 2.75) is 6.42 Å². The van der Waals surface area contributed by atoms with Crippen LogP contribution in [0.5, 0.6) is 0 Å². The van der Waals surface area contributed by atoms with Crippen LogP contribution in [0.15, 0.2) is 24.3 Å². The third kappa shape index (κ3) is 2.51. The van der Waals surface area contributed by atoms with E-state index in [1.165, 1.54) is 24.3 Å². The molecule has 0 aliphatic heterocycles. The van der Waals surface area contributed by atoms with Crippen molar-refractivity contribution in [3.8, 4) is 0 Å². The molecule has 0 saturated heterocycles. The third-order valence-electron chi connectivity index (χ3n) is 1.58. The molecule has 1 aromatic carbocycles. The van der Waals surface area contributed by atoms with Gasteiger partial charge < -0.3 is 0 Å². The predicted molar refractivity (Wildman–Crippen MR) is 44.0 cm³/mol. The highest BCUT2D eigenvalue weighted by atomic mass is 19.3. The van der Waals surface area contributed by atoms with Crippen LogP contribution in [-0.2, 0) is 16.2 Å². The van der Waals surface area contributed by atoms with E-state index in [0.29, 0.717) is 5.56 Å².